The number of ether oxygens (including phenoxy) is 2. The Kier molecular flexibility index (Phi) is 5.11. The number of H-pyrrole nitrogens is 1. The van der Waals surface area contributed by atoms with Gasteiger partial charge in [0.15, 0.2) is 12.6 Å². The van der Waals surface area contributed by atoms with Crippen molar-refractivity contribution < 1.29 is 14.4 Å². The lowest BCUT2D eigenvalue weighted by Gasteiger charge is -2.23. The molecule has 0 saturated heterocycles. The third-order valence-electron chi connectivity index (χ3n) is 4.77. The molecular formula is C20H21ClN3O3+. The Morgan fingerprint density at radius 1 is 1.26 bits per heavy atom. The van der Waals surface area contributed by atoms with Crippen LogP contribution in [-0.2, 0) is 24.4 Å². The zero-order valence-corrected chi connectivity index (χ0v) is 15.8. The van der Waals surface area contributed by atoms with Gasteiger partial charge in [-0.2, -0.15) is 0 Å². The second-order valence-corrected chi connectivity index (χ2v) is 7.09. The maximum Gasteiger partial charge on any atom is 0.258 e. The van der Waals surface area contributed by atoms with E-state index in [2.05, 4.69) is 16.9 Å². The number of nitrogens with zero attached hydrogens (tertiary/aromatic N) is 1. The number of rotatable bonds is 5. The van der Waals surface area contributed by atoms with Crippen molar-refractivity contribution in [3.05, 3.63) is 68.7 Å². The number of benzene rings is 2. The Morgan fingerprint density at radius 2 is 2.11 bits per heavy atom. The van der Waals surface area contributed by atoms with E-state index < -0.39 is 0 Å². The van der Waals surface area contributed by atoms with Gasteiger partial charge in [-0.05, 0) is 31.2 Å². The third kappa shape index (κ3) is 3.83. The summed E-state index contributed by atoms with van der Waals surface area (Å²) < 4.78 is 11.1. The van der Waals surface area contributed by atoms with Crippen molar-refractivity contribution in [2.45, 2.75) is 26.6 Å². The fraction of sp³-hybridized carbons (Fsp3) is 0.300. The van der Waals surface area contributed by atoms with Crippen LogP contribution in [0, 0.1) is 0 Å². The number of aromatic amines is 1. The first-order chi connectivity index (χ1) is 13.1. The number of hydrogen-bond donors (Lipinski definition) is 2. The molecule has 0 saturated carbocycles. The molecule has 140 valence electrons. The SMILES string of the molecule is CC[NH+](Cc1nc2ccccc2c(=O)[nH]1)Cc1cc(Cl)cc2c1OCOC2. The van der Waals surface area contributed by atoms with Crippen LogP contribution in [0.5, 0.6) is 5.75 Å². The van der Waals surface area contributed by atoms with Crippen LogP contribution in [0.15, 0.2) is 41.2 Å². The van der Waals surface area contributed by atoms with Crippen molar-refractivity contribution in [3.63, 3.8) is 0 Å². The predicted octanol–water partition coefficient (Wildman–Crippen LogP) is 2.05. The summed E-state index contributed by atoms with van der Waals surface area (Å²) in [7, 11) is 0. The normalized spacial score (nSPS) is 14.6. The minimum absolute atomic E-state index is 0.105. The summed E-state index contributed by atoms with van der Waals surface area (Å²) in [5, 5.41) is 1.28. The van der Waals surface area contributed by atoms with Gasteiger partial charge in [-0.15, -0.1) is 0 Å². The molecule has 1 aliphatic heterocycles. The first kappa shape index (κ1) is 18.0. The minimum Gasteiger partial charge on any atom is -0.467 e. The molecule has 1 aliphatic rings. The standard InChI is InChI=1S/C20H20ClN3O3/c1-2-24(9-13-7-15(21)8-14-11-26-12-27-19(13)14)10-18-22-17-6-4-3-5-16(17)20(25)23-18/h3-8H,2,9-12H2,1H3,(H,22,23,25)/p+1. The van der Waals surface area contributed by atoms with Crippen LogP contribution in [0.1, 0.15) is 23.9 Å². The molecule has 6 nitrogen and oxygen atoms in total. The second-order valence-electron chi connectivity index (χ2n) is 6.65. The van der Waals surface area contributed by atoms with Crippen molar-refractivity contribution >= 4 is 22.5 Å². The smallest absolute Gasteiger partial charge is 0.258 e. The number of quaternary nitrogens is 1. The third-order valence-corrected chi connectivity index (χ3v) is 4.99. The molecule has 0 radical (unpaired) electrons. The van der Waals surface area contributed by atoms with Crippen molar-refractivity contribution in [3.8, 4) is 5.75 Å². The summed E-state index contributed by atoms with van der Waals surface area (Å²) in [6.45, 7) is 5.06. The molecule has 2 heterocycles. The zero-order chi connectivity index (χ0) is 18.8. The largest absolute Gasteiger partial charge is 0.467 e. The van der Waals surface area contributed by atoms with Gasteiger partial charge in [-0.1, -0.05) is 23.7 Å². The van der Waals surface area contributed by atoms with E-state index in [4.69, 9.17) is 21.1 Å². The van der Waals surface area contributed by atoms with E-state index in [9.17, 15) is 4.79 Å². The number of para-hydroxylation sites is 1. The van der Waals surface area contributed by atoms with Gasteiger partial charge in [0.25, 0.3) is 5.56 Å². The Morgan fingerprint density at radius 3 is 2.96 bits per heavy atom. The molecule has 1 atom stereocenters. The van der Waals surface area contributed by atoms with Crippen molar-refractivity contribution in [2.24, 2.45) is 0 Å². The molecule has 2 aromatic carbocycles. The summed E-state index contributed by atoms with van der Waals surface area (Å²) in [6, 6.07) is 11.2. The van der Waals surface area contributed by atoms with Gasteiger partial charge in [-0.25, -0.2) is 4.98 Å². The minimum atomic E-state index is -0.105. The van der Waals surface area contributed by atoms with Gasteiger partial charge in [0.1, 0.15) is 18.8 Å². The number of nitrogens with one attached hydrogen (secondary N) is 2. The van der Waals surface area contributed by atoms with Gasteiger partial charge >= 0.3 is 0 Å². The number of fused-ring (bicyclic) bond motifs is 2. The molecular weight excluding hydrogens is 366 g/mol. The average molecular weight is 387 g/mol. The van der Waals surface area contributed by atoms with Crippen LogP contribution >= 0.6 is 11.6 Å². The highest BCUT2D eigenvalue weighted by atomic mass is 35.5. The molecule has 1 aromatic heterocycles. The highest BCUT2D eigenvalue weighted by Crippen LogP contribution is 2.31. The Labute approximate surface area is 161 Å². The van der Waals surface area contributed by atoms with Crippen molar-refractivity contribution in [2.75, 3.05) is 13.3 Å². The number of aromatic nitrogens is 2. The van der Waals surface area contributed by atoms with Crippen LogP contribution < -0.4 is 15.2 Å². The monoisotopic (exact) mass is 386 g/mol. The average Bonchev–Trinajstić information content (AvgIpc) is 2.67. The molecule has 2 N–H and O–H groups in total. The fourth-order valence-corrected chi connectivity index (χ4v) is 3.69. The molecule has 0 spiro atoms. The van der Waals surface area contributed by atoms with Gasteiger partial charge < -0.3 is 19.4 Å². The van der Waals surface area contributed by atoms with E-state index in [1.165, 1.54) is 4.90 Å². The molecule has 0 amide bonds. The fourth-order valence-electron chi connectivity index (χ4n) is 3.43. The van der Waals surface area contributed by atoms with E-state index in [-0.39, 0.29) is 12.4 Å². The Bertz CT molecular complexity index is 1030. The highest BCUT2D eigenvalue weighted by molar-refractivity contribution is 6.30. The van der Waals surface area contributed by atoms with E-state index in [1.54, 1.807) is 6.07 Å². The number of halogens is 1. The number of hydrogen-bond acceptors (Lipinski definition) is 4. The molecule has 4 rings (SSSR count). The highest BCUT2D eigenvalue weighted by Gasteiger charge is 2.20. The van der Waals surface area contributed by atoms with E-state index in [0.29, 0.717) is 34.9 Å². The van der Waals surface area contributed by atoms with Crippen molar-refractivity contribution in [1.82, 2.24) is 9.97 Å². The van der Waals surface area contributed by atoms with Crippen LogP contribution in [-0.4, -0.2) is 23.3 Å². The topological polar surface area (TPSA) is 68.7 Å². The van der Waals surface area contributed by atoms with Crippen LogP contribution in [0.2, 0.25) is 5.02 Å². The second kappa shape index (κ2) is 7.68. The van der Waals surface area contributed by atoms with Crippen LogP contribution in [0.3, 0.4) is 0 Å². The van der Waals surface area contributed by atoms with Gasteiger partial charge in [0.05, 0.1) is 29.6 Å². The van der Waals surface area contributed by atoms with Crippen molar-refractivity contribution in [1.29, 1.82) is 0 Å². The molecule has 0 fully saturated rings. The molecule has 27 heavy (non-hydrogen) atoms. The Hall–Kier alpha value is -2.41. The Balaban J connectivity index is 1.61. The first-order valence-electron chi connectivity index (χ1n) is 8.97. The van der Waals surface area contributed by atoms with Gasteiger partial charge in [-0.3, -0.25) is 4.79 Å². The molecule has 0 aliphatic carbocycles. The molecule has 1 unspecified atom stereocenters. The maximum absolute atomic E-state index is 12.3. The summed E-state index contributed by atoms with van der Waals surface area (Å²) in [6.07, 6.45) is 0. The lowest BCUT2D eigenvalue weighted by molar-refractivity contribution is -0.926. The van der Waals surface area contributed by atoms with Crippen LogP contribution in [0.25, 0.3) is 10.9 Å². The summed E-state index contributed by atoms with van der Waals surface area (Å²) >= 11 is 6.27. The first-order valence-corrected chi connectivity index (χ1v) is 9.35. The van der Waals surface area contributed by atoms with E-state index in [0.717, 1.165) is 30.0 Å². The lowest BCUT2D eigenvalue weighted by atomic mass is 10.1. The van der Waals surface area contributed by atoms with E-state index in [1.807, 2.05) is 30.3 Å². The summed E-state index contributed by atoms with van der Waals surface area (Å²) in [5.41, 5.74) is 2.62. The molecule has 7 heteroatoms. The van der Waals surface area contributed by atoms with Gasteiger partial charge in [0.2, 0.25) is 0 Å². The summed E-state index contributed by atoms with van der Waals surface area (Å²) in [4.78, 5) is 21.1. The molecule has 0 bridgehead atoms. The molecule has 3 aromatic rings. The quantitative estimate of drug-likeness (QED) is 0.704. The maximum atomic E-state index is 12.3. The van der Waals surface area contributed by atoms with Gasteiger partial charge in [0, 0.05) is 10.6 Å². The summed E-state index contributed by atoms with van der Waals surface area (Å²) in [5.74, 6) is 1.53. The lowest BCUT2D eigenvalue weighted by Crippen LogP contribution is -3.09. The van der Waals surface area contributed by atoms with Crippen LogP contribution in [0.4, 0.5) is 0 Å². The van der Waals surface area contributed by atoms with E-state index >= 15 is 0 Å². The zero-order valence-electron chi connectivity index (χ0n) is 15.0. The predicted molar refractivity (Wildman–Crippen MR) is 103 cm³/mol.